The van der Waals surface area contributed by atoms with Crippen molar-refractivity contribution in [1.82, 2.24) is 5.32 Å². The van der Waals surface area contributed by atoms with Crippen LogP contribution in [0.1, 0.15) is 284 Å². The number of carbonyl (C=O) groups is 2. The van der Waals surface area contributed by atoms with Crippen LogP contribution in [0, 0.1) is 0 Å². The summed E-state index contributed by atoms with van der Waals surface area (Å²) in [5, 5.41) is 23.8. The number of aliphatic hydroxyl groups excluding tert-OH is 2. The molecule has 0 rings (SSSR count). The van der Waals surface area contributed by atoms with Crippen LogP contribution in [0.5, 0.6) is 0 Å². The van der Waals surface area contributed by atoms with E-state index in [-0.39, 0.29) is 24.9 Å². The molecule has 0 saturated heterocycles. The first kappa shape index (κ1) is 61.8. The third kappa shape index (κ3) is 46.4. The largest absolute Gasteiger partial charge is 0.462 e. The van der Waals surface area contributed by atoms with Crippen LogP contribution < -0.4 is 5.32 Å². The fourth-order valence-electron chi connectivity index (χ4n) is 8.43. The van der Waals surface area contributed by atoms with Crippen LogP contribution in [0.15, 0.2) is 48.6 Å². The summed E-state index contributed by atoms with van der Waals surface area (Å²) in [6.07, 6.45) is 63.2. The molecule has 0 aliphatic rings. The molecular weight excluding hydrogens is 791 g/mol. The van der Waals surface area contributed by atoms with Crippen molar-refractivity contribution in [2.45, 2.75) is 302 Å². The number of aliphatic hydroxyl groups is 2. The third-order valence-corrected chi connectivity index (χ3v) is 12.7. The molecule has 0 saturated carbocycles. The summed E-state index contributed by atoms with van der Waals surface area (Å²) in [4.78, 5) is 26.2. The summed E-state index contributed by atoms with van der Waals surface area (Å²) in [6, 6.07) is -0.710. The Labute approximate surface area is 397 Å². The second-order valence-electron chi connectivity index (χ2n) is 19.0. The molecular formula is C58H107NO5. The Morgan fingerprint density at radius 1 is 0.453 bits per heavy atom. The van der Waals surface area contributed by atoms with Crippen molar-refractivity contribution < 1.29 is 24.5 Å². The van der Waals surface area contributed by atoms with Gasteiger partial charge in [0.2, 0.25) is 5.91 Å². The van der Waals surface area contributed by atoms with Gasteiger partial charge in [0.15, 0.2) is 0 Å². The number of hydrogen-bond acceptors (Lipinski definition) is 5. The monoisotopic (exact) mass is 898 g/mol. The van der Waals surface area contributed by atoms with Gasteiger partial charge in [0, 0.05) is 6.42 Å². The number of esters is 1. The number of nitrogens with one attached hydrogen (secondary N) is 1. The summed E-state index contributed by atoms with van der Waals surface area (Å²) in [7, 11) is 0. The highest BCUT2D eigenvalue weighted by molar-refractivity contribution is 5.77. The van der Waals surface area contributed by atoms with Crippen LogP contribution in [0.25, 0.3) is 0 Å². The van der Waals surface area contributed by atoms with Crippen LogP contribution in [0.3, 0.4) is 0 Å². The fraction of sp³-hybridized carbons (Fsp3) is 0.828. The molecule has 0 spiro atoms. The Hall–Kier alpha value is -2.18. The second-order valence-corrected chi connectivity index (χ2v) is 19.0. The number of carbonyl (C=O) groups excluding carboxylic acids is 2. The molecule has 1 amide bonds. The zero-order chi connectivity index (χ0) is 46.7. The van der Waals surface area contributed by atoms with E-state index in [4.69, 9.17) is 4.74 Å². The molecule has 374 valence electrons. The van der Waals surface area contributed by atoms with Gasteiger partial charge in [0.25, 0.3) is 0 Å². The van der Waals surface area contributed by atoms with E-state index in [1.54, 1.807) is 0 Å². The van der Waals surface area contributed by atoms with Crippen LogP contribution in [0.2, 0.25) is 0 Å². The molecule has 0 heterocycles. The van der Waals surface area contributed by atoms with E-state index >= 15 is 0 Å². The average molecular weight is 898 g/mol. The van der Waals surface area contributed by atoms with Crippen molar-refractivity contribution in [2.75, 3.05) is 6.61 Å². The molecule has 3 atom stereocenters. The average Bonchev–Trinajstić information content (AvgIpc) is 3.29. The maximum absolute atomic E-state index is 13.2. The van der Waals surface area contributed by atoms with Crippen LogP contribution in [0.4, 0.5) is 0 Å². The van der Waals surface area contributed by atoms with Gasteiger partial charge in [-0.05, 0) is 77.0 Å². The minimum absolute atomic E-state index is 0.0591. The third-order valence-electron chi connectivity index (χ3n) is 12.7. The molecule has 0 radical (unpaired) electrons. The minimum atomic E-state index is -0.795. The van der Waals surface area contributed by atoms with E-state index in [1.807, 2.05) is 0 Å². The predicted octanol–water partition coefficient (Wildman–Crippen LogP) is 17.0. The molecule has 6 heteroatoms. The summed E-state index contributed by atoms with van der Waals surface area (Å²) < 4.78 is 5.92. The second kappa shape index (κ2) is 51.8. The Kier molecular flexibility index (Phi) is 50.0. The first-order valence-electron chi connectivity index (χ1n) is 27.9. The van der Waals surface area contributed by atoms with Crippen LogP contribution >= 0.6 is 0 Å². The lowest BCUT2D eigenvalue weighted by molar-refractivity contribution is -0.151. The molecule has 0 aliphatic heterocycles. The van der Waals surface area contributed by atoms with Gasteiger partial charge in [-0.1, -0.05) is 243 Å². The van der Waals surface area contributed by atoms with Crippen molar-refractivity contribution in [1.29, 1.82) is 0 Å². The van der Waals surface area contributed by atoms with E-state index < -0.39 is 18.2 Å². The van der Waals surface area contributed by atoms with Crippen molar-refractivity contribution >= 4 is 11.9 Å². The van der Waals surface area contributed by atoms with Gasteiger partial charge in [-0.3, -0.25) is 9.59 Å². The van der Waals surface area contributed by atoms with Gasteiger partial charge in [-0.15, -0.1) is 0 Å². The number of rotatable bonds is 50. The van der Waals surface area contributed by atoms with Crippen LogP contribution in [-0.2, 0) is 14.3 Å². The van der Waals surface area contributed by atoms with Gasteiger partial charge in [0.1, 0.15) is 6.10 Å². The maximum Gasteiger partial charge on any atom is 0.306 e. The maximum atomic E-state index is 13.2. The lowest BCUT2D eigenvalue weighted by Crippen LogP contribution is -2.46. The Morgan fingerprint density at radius 2 is 0.812 bits per heavy atom. The first-order valence-corrected chi connectivity index (χ1v) is 27.9. The van der Waals surface area contributed by atoms with Crippen molar-refractivity contribution in [3.8, 4) is 0 Å². The molecule has 3 N–H and O–H groups in total. The van der Waals surface area contributed by atoms with Gasteiger partial charge in [0.05, 0.1) is 25.2 Å². The lowest BCUT2D eigenvalue weighted by Gasteiger charge is -2.24. The van der Waals surface area contributed by atoms with Gasteiger partial charge in [-0.25, -0.2) is 0 Å². The Bertz CT molecular complexity index is 1100. The molecule has 0 aromatic carbocycles. The lowest BCUT2D eigenvalue weighted by atomic mass is 10.0. The predicted molar refractivity (Wildman–Crippen MR) is 278 cm³/mol. The normalized spacial score (nSPS) is 13.5. The zero-order valence-corrected chi connectivity index (χ0v) is 42.7. The topological polar surface area (TPSA) is 95.9 Å². The van der Waals surface area contributed by atoms with E-state index in [2.05, 4.69) is 74.7 Å². The SMILES string of the molecule is CCCCC/C=C\CCCCCC(CC(=O)NC(CO)C(O)CCCCCCCCCCCCCCCCCCC)OC(=O)CCCCCCC/C=C/C=C/C=C/CCCCCCC. The highest BCUT2D eigenvalue weighted by atomic mass is 16.5. The molecule has 0 bridgehead atoms. The number of allylic oxidation sites excluding steroid dienone is 8. The van der Waals surface area contributed by atoms with Gasteiger partial charge in [-0.2, -0.15) is 0 Å². The molecule has 64 heavy (non-hydrogen) atoms. The highest BCUT2D eigenvalue weighted by Crippen LogP contribution is 2.18. The molecule has 0 fully saturated rings. The van der Waals surface area contributed by atoms with Crippen molar-refractivity contribution in [3.63, 3.8) is 0 Å². The smallest absolute Gasteiger partial charge is 0.306 e. The van der Waals surface area contributed by atoms with E-state index in [0.29, 0.717) is 19.3 Å². The summed E-state index contributed by atoms with van der Waals surface area (Å²) in [6.45, 7) is 6.45. The van der Waals surface area contributed by atoms with Gasteiger partial charge < -0.3 is 20.3 Å². The fourth-order valence-corrected chi connectivity index (χ4v) is 8.43. The van der Waals surface area contributed by atoms with Crippen molar-refractivity contribution in [3.05, 3.63) is 48.6 Å². The van der Waals surface area contributed by atoms with E-state index in [9.17, 15) is 19.8 Å². The Balaban J connectivity index is 4.48. The molecule has 0 aromatic heterocycles. The number of amides is 1. The van der Waals surface area contributed by atoms with Crippen LogP contribution in [-0.4, -0.2) is 46.9 Å². The quantitative estimate of drug-likeness (QED) is 0.0245. The minimum Gasteiger partial charge on any atom is -0.462 e. The Morgan fingerprint density at radius 3 is 1.28 bits per heavy atom. The number of unbranched alkanes of at least 4 members (excludes halogenated alkanes) is 32. The molecule has 0 aliphatic carbocycles. The van der Waals surface area contributed by atoms with Crippen molar-refractivity contribution in [2.24, 2.45) is 0 Å². The number of hydrogen-bond donors (Lipinski definition) is 3. The summed E-state index contributed by atoms with van der Waals surface area (Å²) >= 11 is 0. The molecule has 6 nitrogen and oxygen atoms in total. The standard InChI is InChI=1S/C58H107NO5/c1-4-7-10-13-16-19-22-24-26-28-30-32-34-36-39-42-45-48-51-58(63)64-54(49-46-43-40-37-21-18-15-12-9-6-3)52-57(62)59-55(53-60)56(61)50-47-44-41-38-35-33-31-29-27-25-23-20-17-14-11-8-5-2/h18,21-22,24,26,28,30,32,54-56,60-61H,4-17,19-20,23,25,27,29,31,33-53H2,1-3H3,(H,59,62)/b21-18-,24-22+,28-26+,32-30+. The first-order chi connectivity index (χ1) is 31.5. The number of ether oxygens (including phenoxy) is 1. The summed E-state index contributed by atoms with van der Waals surface area (Å²) in [5.41, 5.74) is 0. The summed E-state index contributed by atoms with van der Waals surface area (Å²) in [5.74, 6) is -0.506. The molecule has 0 aromatic rings. The van der Waals surface area contributed by atoms with E-state index in [1.165, 1.54) is 148 Å². The highest BCUT2D eigenvalue weighted by Gasteiger charge is 2.24. The van der Waals surface area contributed by atoms with Gasteiger partial charge >= 0.3 is 5.97 Å². The molecule has 3 unspecified atom stereocenters. The van der Waals surface area contributed by atoms with E-state index in [0.717, 1.165) is 89.9 Å². The zero-order valence-electron chi connectivity index (χ0n) is 42.7.